The van der Waals surface area contributed by atoms with E-state index in [4.69, 9.17) is 4.42 Å². The number of carbonyl (C=O) groups excluding carboxylic acids is 1. The fourth-order valence-corrected chi connectivity index (χ4v) is 1.38. The summed E-state index contributed by atoms with van der Waals surface area (Å²) in [7, 11) is 1.32. The molecular formula is C12H11NO3. The number of nitrogens with zero attached hydrogens (tertiary/aromatic N) is 1. The number of hydrogen-bond acceptors (Lipinski definition) is 4. The van der Waals surface area contributed by atoms with Crippen LogP contribution in [0.5, 0.6) is 0 Å². The summed E-state index contributed by atoms with van der Waals surface area (Å²) in [5.74, 6) is -0.0336. The smallest absolute Gasteiger partial charge is 0.330 e. The summed E-state index contributed by atoms with van der Waals surface area (Å²) in [4.78, 5) is 15.1. The lowest BCUT2D eigenvalue weighted by atomic mass is 10.2. The highest BCUT2D eigenvalue weighted by atomic mass is 16.5. The molecule has 0 aliphatic heterocycles. The van der Waals surface area contributed by atoms with E-state index in [0.29, 0.717) is 5.89 Å². The fourth-order valence-electron chi connectivity index (χ4n) is 1.38. The van der Waals surface area contributed by atoms with Crippen molar-refractivity contribution >= 4 is 23.1 Å². The van der Waals surface area contributed by atoms with Crippen molar-refractivity contribution in [3.05, 3.63) is 35.7 Å². The summed E-state index contributed by atoms with van der Waals surface area (Å²) in [6, 6.07) is 5.72. The van der Waals surface area contributed by atoms with Gasteiger partial charge >= 0.3 is 5.97 Å². The molecule has 4 nitrogen and oxygen atoms in total. The van der Waals surface area contributed by atoms with Crippen LogP contribution >= 0.6 is 0 Å². The Bertz CT molecular complexity index is 554. The van der Waals surface area contributed by atoms with Gasteiger partial charge in [0.2, 0.25) is 5.89 Å². The van der Waals surface area contributed by atoms with Crippen LogP contribution < -0.4 is 0 Å². The van der Waals surface area contributed by atoms with Gasteiger partial charge in [0.1, 0.15) is 5.52 Å². The van der Waals surface area contributed by atoms with Crippen LogP contribution in [0.15, 0.2) is 28.7 Å². The van der Waals surface area contributed by atoms with Gasteiger partial charge in [-0.2, -0.15) is 0 Å². The molecule has 0 N–H and O–H groups in total. The second-order valence-electron chi connectivity index (χ2n) is 3.33. The lowest BCUT2D eigenvalue weighted by molar-refractivity contribution is -0.134. The average Bonchev–Trinajstić information content (AvgIpc) is 2.70. The van der Waals surface area contributed by atoms with E-state index in [1.807, 2.05) is 25.1 Å². The molecular weight excluding hydrogens is 206 g/mol. The first kappa shape index (κ1) is 10.4. The van der Waals surface area contributed by atoms with Crippen molar-refractivity contribution in [3.63, 3.8) is 0 Å². The number of aryl methyl sites for hydroxylation is 1. The number of rotatable bonds is 2. The third-order valence-corrected chi connectivity index (χ3v) is 2.19. The standard InChI is InChI=1S/C12H11NO3/c1-8-4-3-5-9-12(8)16-10(13-9)6-7-11(14)15-2/h3-7H,1-2H3/b7-6+. The van der Waals surface area contributed by atoms with Crippen molar-refractivity contribution in [2.45, 2.75) is 6.92 Å². The van der Waals surface area contributed by atoms with E-state index in [0.717, 1.165) is 16.7 Å². The topological polar surface area (TPSA) is 52.3 Å². The number of fused-ring (bicyclic) bond motifs is 1. The van der Waals surface area contributed by atoms with E-state index >= 15 is 0 Å². The Morgan fingerprint density at radius 1 is 1.50 bits per heavy atom. The molecule has 16 heavy (non-hydrogen) atoms. The summed E-state index contributed by atoms with van der Waals surface area (Å²) >= 11 is 0. The van der Waals surface area contributed by atoms with Crippen LogP contribution in [-0.2, 0) is 9.53 Å². The van der Waals surface area contributed by atoms with Gasteiger partial charge in [0.15, 0.2) is 5.58 Å². The minimum Gasteiger partial charge on any atom is -0.466 e. The number of para-hydroxylation sites is 1. The van der Waals surface area contributed by atoms with Crippen LogP contribution in [0.2, 0.25) is 0 Å². The Morgan fingerprint density at radius 2 is 2.31 bits per heavy atom. The highest BCUT2D eigenvalue weighted by molar-refractivity contribution is 5.87. The molecule has 1 aromatic carbocycles. The summed E-state index contributed by atoms with van der Waals surface area (Å²) in [6.07, 6.45) is 2.77. The Balaban J connectivity index is 2.37. The molecule has 82 valence electrons. The van der Waals surface area contributed by atoms with E-state index in [1.54, 1.807) is 0 Å². The Morgan fingerprint density at radius 3 is 3.00 bits per heavy atom. The maximum atomic E-state index is 10.9. The van der Waals surface area contributed by atoms with Gasteiger partial charge in [0, 0.05) is 12.2 Å². The number of hydrogen-bond donors (Lipinski definition) is 0. The molecule has 2 rings (SSSR count). The molecule has 0 radical (unpaired) electrons. The Labute approximate surface area is 92.5 Å². The van der Waals surface area contributed by atoms with Crippen molar-refractivity contribution < 1.29 is 13.9 Å². The largest absolute Gasteiger partial charge is 0.466 e. The number of esters is 1. The molecule has 4 heteroatoms. The predicted molar refractivity (Wildman–Crippen MR) is 59.8 cm³/mol. The molecule has 0 bridgehead atoms. The summed E-state index contributed by atoms with van der Waals surface area (Å²) in [5, 5.41) is 0. The highest BCUT2D eigenvalue weighted by Gasteiger charge is 2.05. The van der Waals surface area contributed by atoms with Crippen LogP contribution in [0.25, 0.3) is 17.2 Å². The lowest BCUT2D eigenvalue weighted by Gasteiger charge is -1.89. The lowest BCUT2D eigenvalue weighted by Crippen LogP contribution is -1.93. The van der Waals surface area contributed by atoms with Gasteiger partial charge in [-0.05, 0) is 18.6 Å². The quantitative estimate of drug-likeness (QED) is 0.572. The van der Waals surface area contributed by atoms with Crippen LogP contribution in [0.4, 0.5) is 0 Å². The van der Waals surface area contributed by atoms with Crippen molar-refractivity contribution in [2.75, 3.05) is 7.11 Å². The molecule has 1 heterocycles. The first-order valence-corrected chi connectivity index (χ1v) is 4.83. The van der Waals surface area contributed by atoms with Crippen LogP contribution in [0, 0.1) is 6.92 Å². The normalized spacial score (nSPS) is 11.1. The van der Waals surface area contributed by atoms with Gasteiger partial charge in [0.25, 0.3) is 0 Å². The van der Waals surface area contributed by atoms with Gasteiger partial charge in [-0.25, -0.2) is 9.78 Å². The summed E-state index contributed by atoms with van der Waals surface area (Å²) in [6.45, 7) is 1.95. The maximum absolute atomic E-state index is 10.9. The maximum Gasteiger partial charge on any atom is 0.330 e. The first-order valence-electron chi connectivity index (χ1n) is 4.83. The minimum absolute atomic E-state index is 0.398. The summed E-state index contributed by atoms with van der Waals surface area (Å²) in [5.41, 5.74) is 2.54. The molecule has 2 aromatic rings. The second kappa shape index (κ2) is 4.18. The number of benzene rings is 1. The Hall–Kier alpha value is -2.10. The van der Waals surface area contributed by atoms with Crippen molar-refractivity contribution in [3.8, 4) is 0 Å². The minimum atomic E-state index is -0.432. The average molecular weight is 217 g/mol. The van der Waals surface area contributed by atoms with E-state index in [9.17, 15) is 4.79 Å². The van der Waals surface area contributed by atoms with Gasteiger partial charge in [0.05, 0.1) is 7.11 Å². The predicted octanol–water partition coefficient (Wildman–Crippen LogP) is 2.32. The van der Waals surface area contributed by atoms with Gasteiger partial charge in [-0.1, -0.05) is 12.1 Å². The van der Waals surface area contributed by atoms with Crippen LogP contribution in [0.1, 0.15) is 11.5 Å². The first-order chi connectivity index (χ1) is 7.70. The van der Waals surface area contributed by atoms with Crippen molar-refractivity contribution in [1.82, 2.24) is 4.98 Å². The fraction of sp³-hybridized carbons (Fsp3) is 0.167. The number of aromatic nitrogens is 1. The van der Waals surface area contributed by atoms with Crippen molar-refractivity contribution in [1.29, 1.82) is 0 Å². The zero-order valence-corrected chi connectivity index (χ0v) is 9.06. The van der Waals surface area contributed by atoms with Crippen LogP contribution in [-0.4, -0.2) is 18.1 Å². The monoisotopic (exact) mass is 217 g/mol. The molecule has 0 aliphatic carbocycles. The molecule has 0 saturated carbocycles. The third-order valence-electron chi connectivity index (χ3n) is 2.19. The molecule has 0 aliphatic rings. The van der Waals surface area contributed by atoms with E-state index < -0.39 is 5.97 Å². The number of methoxy groups -OCH3 is 1. The highest BCUT2D eigenvalue weighted by Crippen LogP contribution is 2.19. The number of ether oxygens (including phenoxy) is 1. The van der Waals surface area contributed by atoms with E-state index in [-0.39, 0.29) is 0 Å². The number of oxazole rings is 1. The van der Waals surface area contributed by atoms with E-state index in [1.165, 1.54) is 19.3 Å². The number of carbonyl (C=O) groups is 1. The molecule has 0 amide bonds. The Kier molecular flexibility index (Phi) is 2.72. The van der Waals surface area contributed by atoms with Crippen LogP contribution in [0.3, 0.4) is 0 Å². The third kappa shape index (κ3) is 1.95. The van der Waals surface area contributed by atoms with Crippen molar-refractivity contribution in [2.24, 2.45) is 0 Å². The van der Waals surface area contributed by atoms with Gasteiger partial charge in [-0.3, -0.25) is 0 Å². The van der Waals surface area contributed by atoms with Gasteiger partial charge in [-0.15, -0.1) is 0 Å². The molecule has 0 spiro atoms. The van der Waals surface area contributed by atoms with Gasteiger partial charge < -0.3 is 9.15 Å². The SMILES string of the molecule is COC(=O)/C=C/c1nc2cccc(C)c2o1. The zero-order valence-electron chi connectivity index (χ0n) is 9.06. The molecule has 0 saturated heterocycles. The summed E-state index contributed by atoms with van der Waals surface area (Å²) < 4.78 is 9.96. The zero-order chi connectivity index (χ0) is 11.5. The molecule has 0 unspecified atom stereocenters. The second-order valence-corrected chi connectivity index (χ2v) is 3.33. The molecule has 0 atom stereocenters. The molecule has 0 fully saturated rings. The van der Waals surface area contributed by atoms with E-state index in [2.05, 4.69) is 9.72 Å². The molecule has 1 aromatic heterocycles.